The Balaban J connectivity index is 1.82. The lowest BCUT2D eigenvalue weighted by molar-refractivity contribution is 0.102. The summed E-state index contributed by atoms with van der Waals surface area (Å²) >= 11 is 0. The third-order valence-corrected chi connectivity index (χ3v) is 4.36. The molecule has 7 heteroatoms. The van der Waals surface area contributed by atoms with Crippen molar-refractivity contribution in [3.63, 3.8) is 0 Å². The zero-order valence-electron chi connectivity index (χ0n) is 17.2. The van der Waals surface area contributed by atoms with Crippen LogP contribution in [0.2, 0.25) is 0 Å². The molecule has 0 atom stereocenters. The molecule has 29 heavy (non-hydrogen) atoms. The molecule has 0 bridgehead atoms. The number of aryl methyl sites for hydroxylation is 3. The van der Waals surface area contributed by atoms with Gasteiger partial charge in [0.25, 0.3) is 5.91 Å². The fourth-order valence-electron chi connectivity index (χ4n) is 2.95. The van der Waals surface area contributed by atoms with E-state index in [4.69, 9.17) is 9.47 Å². The molecule has 150 valence electrons. The number of carbonyl (C=O) groups is 1. The Morgan fingerprint density at radius 1 is 0.897 bits per heavy atom. The molecule has 7 nitrogen and oxygen atoms in total. The number of hydrogen-bond donors (Lipinski definition) is 2. The average Bonchev–Trinajstić information content (AvgIpc) is 2.69. The number of amides is 1. The van der Waals surface area contributed by atoms with Crippen LogP contribution in [-0.4, -0.2) is 30.1 Å². The maximum atomic E-state index is 12.7. The minimum atomic E-state index is -0.341. The van der Waals surface area contributed by atoms with Crippen LogP contribution in [0.1, 0.15) is 27.4 Å². The molecular weight excluding hydrogens is 368 g/mol. The number of hydrogen-bond acceptors (Lipinski definition) is 6. The fraction of sp³-hybridized carbons (Fsp3) is 0.227. The van der Waals surface area contributed by atoms with Gasteiger partial charge in [0.1, 0.15) is 17.3 Å². The Bertz CT molecular complexity index is 1050. The van der Waals surface area contributed by atoms with Crippen LogP contribution in [0.3, 0.4) is 0 Å². The fourth-order valence-corrected chi connectivity index (χ4v) is 2.95. The maximum Gasteiger partial charge on any atom is 0.274 e. The quantitative estimate of drug-likeness (QED) is 0.646. The summed E-state index contributed by atoms with van der Waals surface area (Å²) in [6.07, 6.45) is 0. The number of anilines is 3. The van der Waals surface area contributed by atoms with Crippen LogP contribution in [0.5, 0.6) is 11.5 Å². The first-order chi connectivity index (χ1) is 13.9. The highest BCUT2D eigenvalue weighted by atomic mass is 16.5. The zero-order valence-corrected chi connectivity index (χ0v) is 17.2. The second-order valence-electron chi connectivity index (χ2n) is 6.65. The van der Waals surface area contributed by atoms with Crippen molar-refractivity contribution in [2.75, 3.05) is 24.9 Å². The zero-order chi connectivity index (χ0) is 21.0. The van der Waals surface area contributed by atoms with E-state index in [9.17, 15) is 4.79 Å². The van der Waals surface area contributed by atoms with Crippen molar-refractivity contribution >= 4 is 23.1 Å². The standard InChI is InChI=1S/C22H24N4O3/c1-13-6-8-17(14(2)10-13)26-21-12-18(23-15(3)24-21)22(27)25-16-7-9-19(28-4)20(11-16)29-5/h6-12H,1-5H3,(H,25,27)(H,23,24,26). The van der Waals surface area contributed by atoms with Crippen LogP contribution in [-0.2, 0) is 0 Å². The summed E-state index contributed by atoms with van der Waals surface area (Å²) in [6.45, 7) is 5.82. The molecule has 2 aromatic carbocycles. The van der Waals surface area contributed by atoms with Gasteiger partial charge in [-0.15, -0.1) is 0 Å². The van der Waals surface area contributed by atoms with Gasteiger partial charge in [0.05, 0.1) is 14.2 Å². The van der Waals surface area contributed by atoms with Crippen molar-refractivity contribution in [2.45, 2.75) is 20.8 Å². The molecule has 3 rings (SSSR count). The van der Waals surface area contributed by atoms with Crippen molar-refractivity contribution in [3.8, 4) is 11.5 Å². The first kappa shape index (κ1) is 20.1. The Kier molecular flexibility index (Phi) is 5.97. The highest BCUT2D eigenvalue weighted by Gasteiger charge is 2.13. The van der Waals surface area contributed by atoms with E-state index in [0.717, 1.165) is 11.3 Å². The van der Waals surface area contributed by atoms with Crippen molar-refractivity contribution in [2.24, 2.45) is 0 Å². The van der Waals surface area contributed by atoms with E-state index in [0.29, 0.717) is 28.8 Å². The topological polar surface area (TPSA) is 85.4 Å². The molecule has 1 amide bonds. The van der Waals surface area contributed by atoms with E-state index in [-0.39, 0.29) is 11.6 Å². The van der Waals surface area contributed by atoms with Gasteiger partial charge in [-0.25, -0.2) is 9.97 Å². The van der Waals surface area contributed by atoms with Crippen molar-refractivity contribution < 1.29 is 14.3 Å². The molecule has 0 spiro atoms. The lowest BCUT2D eigenvalue weighted by Crippen LogP contribution is -2.15. The molecule has 0 aliphatic carbocycles. The van der Waals surface area contributed by atoms with Gasteiger partial charge >= 0.3 is 0 Å². The molecule has 0 unspecified atom stereocenters. The maximum absolute atomic E-state index is 12.7. The molecule has 2 N–H and O–H groups in total. The lowest BCUT2D eigenvalue weighted by atomic mass is 10.1. The third kappa shape index (κ3) is 4.82. The van der Waals surface area contributed by atoms with Gasteiger partial charge in [0.15, 0.2) is 11.5 Å². The van der Waals surface area contributed by atoms with E-state index in [1.807, 2.05) is 26.0 Å². The largest absolute Gasteiger partial charge is 0.493 e. The van der Waals surface area contributed by atoms with Crippen LogP contribution in [0.15, 0.2) is 42.5 Å². The summed E-state index contributed by atoms with van der Waals surface area (Å²) in [5.41, 5.74) is 4.05. The second kappa shape index (κ2) is 8.60. The molecule has 1 heterocycles. The van der Waals surface area contributed by atoms with Crippen LogP contribution < -0.4 is 20.1 Å². The Hall–Kier alpha value is -3.61. The highest BCUT2D eigenvalue weighted by Crippen LogP contribution is 2.30. The van der Waals surface area contributed by atoms with Gasteiger partial charge < -0.3 is 20.1 Å². The number of benzene rings is 2. The van der Waals surface area contributed by atoms with Gasteiger partial charge in [-0.2, -0.15) is 0 Å². The minimum absolute atomic E-state index is 0.263. The average molecular weight is 392 g/mol. The van der Waals surface area contributed by atoms with Gasteiger partial charge in [-0.3, -0.25) is 4.79 Å². The predicted octanol–water partition coefficient (Wildman–Crippen LogP) is 4.41. The predicted molar refractivity (Wildman–Crippen MR) is 113 cm³/mol. The number of nitrogens with zero attached hydrogens (tertiary/aromatic N) is 2. The number of nitrogens with one attached hydrogen (secondary N) is 2. The molecule has 0 radical (unpaired) electrons. The van der Waals surface area contributed by atoms with Gasteiger partial charge in [-0.1, -0.05) is 17.7 Å². The highest BCUT2D eigenvalue weighted by molar-refractivity contribution is 6.03. The number of aromatic nitrogens is 2. The molecule has 0 saturated heterocycles. The summed E-state index contributed by atoms with van der Waals surface area (Å²) in [5.74, 6) is 1.83. The van der Waals surface area contributed by atoms with Crippen LogP contribution in [0.4, 0.5) is 17.2 Å². The van der Waals surface area contributed by atoms with Crippen molar-refractivity contribution in [3.05, 3.63) is 65.1 Å². The van der Waals surface area contributed by atoms with Gasteiger partial charge in [0, 0.05) is 23.5 Å². The van der Waals surface area contributed by atoms with E-state index < -0.39 is 0 Å². The summed E-state index contributed by atoms with van der Waals surface area (Å²) in [6, 6.07) is 12.9. The lowest BCUT2D eigenvalue weighted by Gasteiger charge is -2.12. The Morgan fingerprint density at radius 2 is 1.66 bits per heavy atom. The van der Waals surface area contributed by atoms with Crippen LogP contribution in [0, 0.1) is 20.8 Å². The second-order valence-corrected chi connectivity index (χ2v) is 6.65. The van der Waals surface area contributed by atoms with Crippen molar-refractivity contribution in [1.29, 1.82) is 0 Å². The van der Waals surface area contributed by atoms with E-state index >= 15 is 0 Å². The molecule has 3 aromatic rings. The third-order valence-electron chi connectivity index (χ3n) is 4.36. The summed E-state index contributed by atoms with van der Waals surface area (Å²) in [7, 11) is 3.10. The number of carbonyl (C=O) groups excluding carboxylic acids is 1. The first-order valence-electron chi connectivity index (χ1n) is 9.13. The number of ether oxygens (including phenoxy) is 2. The van der Waals surface area contributed by atoms with Gasteiger partial charge in [0.2, 0.25) is 0 Å². The molecule has 0 aliphatic rings. The summed E-state index contributed by atoms with van der Waals surface area (Å²) in [5, 5.41) is 6.09. The SMILES string of the molecule is COc1ccc(NC(=O)c2cc(Nc3ccc(C)cc3C)nc(C)n2)cc1OC. The molecular formula is C22H24N4O3. The van der Waals surface area contributed by atoms with Gasteiger partial charge in [-0.05, 0) is 44.5 Å². The van der Waals surface area contributed by atoms with Crippen LogP contribution in [0.25, 0.3) is 0 Å². The molecule has 0 fully saturated rings. The van der Waals surface area contributed by atoms with Crippen LogP contribution >= 0.6 is 0 Å². The van der Waals surface area contributed by atoms with Crippen molar-refractivity contribution in [1.82, 2.24) is 9.97 Å². The molecule has 0 aliphatic heterocycles. The molecule has 0 saturated carbocycles. The van der Waals surface area contributed by atoms with E-state index in [1.165, 1.54) is 5.56 Å². The summed E-state index contributed by atoms with van der Waals surface area (Å²) in [4.78, 5) is 21.4. The van der Waals surface area contributed by atoms with E-state index in [2.05, 4.69) is 26.7 Å². The number of rotatable bonds is 6. The Morgan fingerprint density at radius 3 is 2.34 bits per heavy atom. The van der Waals surface area contributed by atoms with E-state index in [1.54, 1.807) is 45.4 Å². The Labute approximate surface area is 170 Å². The normalized spacial score (nSPS) is 10.4. The monoisotopic (exact) mass is 392 g/mol. The smallest absolute Gasteiger partial charge is 0.274 e. The number of methoxy groups -OCH3 is 2. The first-order valence-corrected chi connectivity index (χ1v) is 9.13. The minimum Gasteiger partial charge on any atom is -0.493 e. The summed E-state index contributed by atoms with van der Waals surface area (Å²) < 4.78 is 10.5. The molecule has 1 aromatic heterocycles.